The first-order chi connectivity index (χ1) is 12.5. The molecule has 3 rings (SSSR count). The van der Waals surface area contributed by atoms with Gasteiger partial charge < -0.3 is 4.18 Å². The first-order valence-corrected chi connectivity index (χ1v) is 13.2. The Hall–Kier alpha value is -0.230. The highest BCUT2D eigenvalue weighted by Crippen LogP contribution is 2.38. The van der Waals surface area contributed by atoms with Gasteiger partial charge in [-0.1, -0.05) is 36.4 Å². The fourth-order valence-electron chi connectivity index (χ4n) is 2.44. The fraction of sp³-hybridized carbons (Fsp3) is 0. The third kappa shape index (κ3) is 4.36. The molecule has 1 N–H and O–H groups in total. The van der Waals surface area contributed by atoms with Crippen LogP contribution in [-0.2, 0) is 20.2 Å². The van der Waals surface area contributed by atoms with E-state index in [0.717, 1.165) is 5.39 Å². The number of halogens is 3. The molecule has 0 aliphatic rings. The molecule has 0 unspecified atom stereocenters. The van der Waals surface area contributed by atoms with Gasteiger partial charge in [0.05, 0.1) is 7.14 Å². The summed E-state index contributed by atoms with van der Waals surface area (Å²) in [6.07, 6.45) is 0. The molecule has 0 fully saturated rings. The second-order valence-corrected chi connectivity index (χ2v) is 11.6. The van der Waals surface area contributed by atoms with Crippen LogP contribution in [0.4, 0.5) is 0 Å². The van der Waals surface area contributed by atoms with E-state index in [1.165, 1.54) is 12.1 Å². The van der Waals surface area contributed by atoms with Crippen LogP contribution in [0.15, 0.2) is 58.3 Å². The minimum absolute atomic E-state index is 0.00443. The van der Waals surface area contributed by atoms with E-state index in [1.54, 1.807) is 81.6 Å². The van der Waals surface area contributed by atoms with Crippen LogP contribution in [0, 0.1) is 10.7 Å². The molecular formula is C16H9I3O6S2. The van der Waals surface area contributed by atoms with Gasteiger partial charge >= 0.3 is 10.1 Å². The number of benzene rings is 3. The summed E-state index contributed by atoms with van der Waals surface area (Å²) < 4.78 is 64.7. The van der Waals surface area contributed by atoms with Crippen molar-refractivity contribution in [3.8, 4) is 5.75 Å². The van der Waals surface area contributed by atoms with Gasteiger partial charge in [-0.25, -0.2) is 0 Å². The maximum atomic E-state index is 12.9. The van der Waals surface area contributed by atoms with Crippen molar-refractivity contribution in [1.82, 2.24) is 0 Å². The number of hydrogen-bond acceptors (Lipinski definition) is 5. The predicted molar refractivity (Wildman–Crippen MR) is 126 cm³/mol. The molecular weight excluding hydrogens is 733 g/mol. The molecule has 0 heterocycles. The van der Waals surface area contributed by atoms with E-state index in [4.69, 9.17) is 4.18 Å². The second-order valence-electron chi connectivity index (χ2n) is 5.30. The van der Waals surface area contributed by atoms with Gasteiger partial charge in [-0.15, -0.1) is 0 Å². The van der Waals surface area contributed by atoms with Gasteiger partial charge in [0.15, 0.2) is 5.75 Å². The van der Waals surface area contributed by atoms with Gasteiger partial charge in [-0.3, -0.25) is 4.55 Å². The molecule has 0 amide bonds. The summed E-state index contributed by atoms with van der Waals surface area (Å²) in [5.41, 5.74) is 0. The van der Waals surface area contributed by atoms with Gasteiger partial charge in [0.2, 0.25) is 0 Å². The van der Waals surface area contributed by atoms with Crippen molar-refractivity contribution < 1.29 is 25.6 Å². The lowest BCUT2D eigenvalue weighted by atomic mass is 10.1. The maximum Gasteiger partial charge on any atom is 0.339 e. The normalized spacial score (nSPS) is 12.3. The predicted octanol–water partition coefficient (Wildman–Crippen LogP) is 4.67. The highest BCUT2D eigenvalue weighted by Gasteiger charge is 2.28. The monoisotopic (exact) mass is 742 g/mol. The first kappa shape index (κ1) is 21.5. The molecule has 27 heavy (non-hydrogen) atoms. The average molecular weight is 742 g/mol. The number of fused-ring (bicyclic) bond motifs is 1. The van der Waals surface area contributed by atoms with E-state index >= 15 is 0 Å². The summed E-state index contributed by atoms with van der Waals surface area (Å²) in [4.78, 5) is -0.411. The van der Waals surface area contributed by atoms with E-state index in [2.05, 4.69) is 0 Å². The van der Waals surface area contributed by atoms with Crippen LogP contribution in [0.1, 0.15) is 0 Å². The molecule has 6 nitrogen and oxygen atoms in total. The van der Waals surface area contributed by atoms with Gasteiger partial charge in [0.1, 0.15) is 9.79 Å². The number of hydrogen-bond donors (Lipinski definition) is 1. The highest BCUT2D eigenvalue weighted by atomic mass is 127. The van der Waals surface area contributed by atoms with Crippen molar-refractivity contribution in [3.63, 3.8) is 0 Å². The Morgan fingerprint density at radius 3 is 2.15 bits per heavy atom. The molecule has 3 aromatic carbocycles. The third-order valence-electron chi connectivity index (χ3n) is 3.56. The molecule has 0 atom stereocenters. The standard InChI is InChI=1S/C16H9I3O6S2/c17-11-8-12(18)16(26(20,21)22)14(19)15(11)25-27(23,24)13-7-3-5-9-4-1-2-6-10(9)13/h1-8H,(H,20,21,22). The zero-order valence-corrected chi connectivity index (χ0v) is 21.2. The fourth-order valence-corrected chi connectivity index (χ4v) is 9.80. The van der Waals surface area contributed by atoms with E-state index in [-0.39, 0.29) is 22.7 Å². The lowest BCUT2D eigenvalue weighted by Gasteiger charge is -2.15. The van der Waals surface area contributed by atoms with E-state index in [0.29, 0.717) is 8.96 Å². The van der Waals surface area contributed by atoms with E-state index in [1.807, 2.05) is 22.6 Å². The van der Waals surface area contributed by atoms with Crippen LogP contribution in [0.5, 0.6) is 5.75 Å². The summed E-state index contributed by atoms with van der Waals surface area (Å²) in [6, 6.07) is 13.2. The van der Waals surface area contributed by atoms with Crippen molar-refractivity contribution in [2.45, 2.75) is 9.79 Å². The maximum absolute atomic E-state index is 12.9. The lowest BCUT2D eigenvalue weighted by Crippen LogP contribution is -2.14. The zero-order valence-electron chi connectivity index (χ0n) is 13.1. The molecule has 0 aliphatic heterocycles. The molecule has 11 heteroatoms. The largest absolute Gasteiger partial charge is 0.377 e. The minimum Gasteiger partial charge on any atom is -0.377 e. The summed E-state index contributed by atoms with van der Waals surface area (Å²) in [6.45, 7) is 0. The van der Waals surface area contributed by atoms with E-state index in [9.17, 15) is 21.4 Å². The zero-order chi connectivity index (χ0) is 20.0. The Balaban J connectivity index is 2.20. The van der Waals surface area contributed by atoms with Crippen LogP contribution >= 0.6 is 67.8 Å². The Labute approximate surface area is 197 Å². The van der Waals surface area contributed by atoms with Crippen molar-refractivity contribution in [2.24, 2.45) is 0 Å². The van der Waals surface area contributed by atoms with Crippen molar-refractivity contribution in [2.75, 3.05) is 0 Å². The van der Waals surface area contributed by atoms with Gasteiger partial charge in [0.25, 0.3) is 10.1 Å². The molecule has 0 aliphatic carbocycles. The number of rotatable bonds is 4. The first-order valence-electron chi connectivity index (χ1n) is 7.09. The van der Waals surface area contributed by atoms with E-state index < -0.39 is 20.2 Å². The molecule has 0 bridgehead atoms. The van der Waals surface area contributed by atoms with Crippen LogP contribution in [0.3, 0.4) is 0 Å². The average Bonchev–Trinajstić information content (AvgIpc) is 2.56. The summed E-state index contributed by atoms with van der Waals surface area (Å²) in [5.74, 6) is -0.142. The quantitative estimate of drug-likeness (QED) is 0.238. The SMILES string of the molecule is O=S(=O)(O)c1c(I)cc(I)c(OS(=O)(=O)c2cccc3ccccc23)c1I. The molecule has 0 saturated carbocycles. The molecule has 0 saturated heterocycles. The smallest absolute Gasteiger partial charge is 0.339 e. The lowest BCUT2D eigenvalue weighted by molar-refractivity contribution is 0.472. The molecule has 0 spiro atoms. The Kier molecular flexibility index (Phi) is 6.28. The van der Waals surface area contributed by atoms with Crippen LogP contribution in [0.25, 0.3) is 10.8 Å². The van der Waals surface area contributed by atoms with Gasteiger partial charge in [-0.05, 0) is 85.3 Å². The van der Waals surface area contributed by atoms with Crippen LogP contribution < -0.4 is 4.18 Å². The highest BCUT2D eigenvalue weighted by molar-refractivity contribution is 14.1. The van der Waals surface area contributed by atoms with Crippen molar-refractivity contribution in [1.29, 1.82) is 0 Å². The summed E-state index contributed by atoms with van der Waals surface area (Å²) >= 11 is 5.28. The molecule has 142 valence electrons. The summed E-state index contributed by atoms with van der Waals surface area (Å²) in [7, 11) is -8.80. The third-order valence-corrected chi connectivity index (χ3v) is 9.19. The van der Waals surface area contributed by atoms with Crippen molar-refractivity contribution in [3.05, 3.63) is 59.2 Å². The topological polar surface area (TPSA) is 97.7 Å². The second kappa shape index (κ2) is 7.89. The molecule has 0 radical (unpaired) electrons. The molecule has 0 aromatic heterocycles. The Morgan fingerprint density at radius 1 is 0.852 bits per heavy atom. The van der Waals surface area contributed by atoms with Gasteiger partial charge in [-0.2, -0.15) is 16.8 Å². The molecule has 3 aromatic rings. The Morgan fingerprint density at radius 2 is 1.48 bits per heavy atom. The minimum atomic E-state index is -4.55. The Bertz CT molecular complexity index is 1270. The van der Waals surface area contributed by atoms with Crippen LogP contribution in [-0.4, -0.2) is 21.4 Å². The van der Waals surface area contributed by atoms with Crippen molar-refractivity contribution >= 4 is 98.8 Å². The van der Waals surface area contributed by atoms with Crippen LogP contribution in [0.2, 0.25) is 0 Å². The van der Waals surface area contributed by atoms with Gasteiger partial charge in [0, 0.05) is 8.96 Å². The summed E-state index contributed by atoms with van der Waals surface area (Å²) in [5, 5.41) is 1.22.